The number of amides is 1. The van der Waals surface area contributed by atoms with Gasteiger partial charge in [-0.05, 0) is 30.2 Å². The molecule has 0 aliphatic carbocycles. The smallest absolute Gasteiger partial charge is 0.250 e. The number of benzene rings is 2. The Labute approximate surface area is 139 Å². The molecule has 0 saturated heterocycles. The van der Waals surface area contributed by atoms with E-state index in [1.807, 2.05) is 55.5 Å². The zero-order valence-electron chi connectivity index (χ0n) is 12.3. The average molecular weight is 333 g/mol. The number of halogens is 1. The summed E-state index contributed by atoms with van der Waals surface area (Å²) in [5.41, 5.74) is 5.83. The Kier molecular flexibility index (Phi) is 6.49. The van der Waals surface area contributed by atoms with Gasteiger partial charge in [0.1, 0.15) is 0 Å². The molecule has 0 aliphatic heterocycles. The van der Waals surface area contributed by atoms with Crippen LogP contribution in [0.5, 0.6) is 0 Å². The topological polar surface area (TPSA) is 41.5 Å². The number of carbonyl (C=O) groups excluding carboxylic acids is 1. The van der Waals surface area contributed by atoms with Gasteiger partial charge < -0.3 is 0 Å². The third-order valence-corrected chi connectivity index (χ3v) is 4.15. The number of nitrogens with one attached hydrogen (secondary N) is 1. The molecule has 0 heterocycles. The van der Waals surface area contributed by atoms with Crippen LogP contribution in [0.4, 0.5) is 0 Å². The summed E-state index contributed by atoms with van der Waals surface area (Å²) in [5.74, 6) is 1.03. The maximum atomic E-state index is 11.7. The Hall–Kier alpha value is -1.78. The predicted molar refractivity (Wildman–Crippen MR) is 94.5 cm³/mol. The molecule has 0 saturated carbocycles. The molecule has 0 unspecified atom stereocenters. The molecular weight excluding hydrogens is 316 g/mol. The van der Waals surface area contributed by atoms with Crippen LogP contribution in [0.1, 0.15) is 16.7 Å². The summed E-state index contributed by atoms with van der Waals surface area (Å²) in [6.07, 6.45) is 1.64. The van der Waals surface area contributed by atoms with Crippen LogP contribution in [-0.2, 0) is 10.5 Å². The van der Waals surface area contributed by atoms with Crippen molar-refractivity contribution in [2.45, 2.75) is 12.7 Å². The lowest BCUT2D eigenvalue weighted by Gasteiger charge is -2.02. The van der Waals surface area contributed by atoms with E-state index in [1.165, 1.54) is 17.3 Å². The van der Waals surface area contributed by atoms with Gasteiger partial charge in [-0.1, -0.05) is 53.6 Å². The Balaban J connectivity index is 1.69. The van der Waals surface area contributed by atoms with Gasteiger partial charge in [-0.25, -0.2) is 5.43 Å². The van der Waals surface area contributed by atoms with Gasteiger partial charge in [-0.15, -0.1) is 11.8 Å². The first-order valence-corrected chi connectivity index (χ1v) is 8.37. The first-order valence-electron chi connectivity index (χ1n) is 6.84. The van der Waals surface area contributed by atoms with E-state index in [4.69, 9.17) is 11.6 Å². The van der Waals surface area contributed by atoms with Crippen molar-refractivity contribution in [2.75, 3.05) is 5.75 Å². The molecule has 0 atom stereocenters. The van der Waals surface area contributed by atoms with E-state index in [-0.39, 0.29) is 5.91 Å². The van der Waals surface area contributed by atoms with Crippen molar-refractivity contribution in [2.24, 2.45) is 5.10 Å². The predicted octanol–water partition coefficient (Wildman–Crippen LogP) is 4.03. The summed E-state index contributed by atoms with van der Waals surface area (Å²) in [6, 6.07) is 15.6. The molecule has 3 nitrogen and oxygen atoms in total. The molecule has 1 N–H and O–H groups in total. The second-order valence-corrected chi connectivity index (χ2v) is 6.25. The third kappa shape index (κ3) is 5.92. The first-order chi connectivity index (χ1) is 10.6. The summed E-state index contributed by atoms with van der Waals surface area (Å²) in [6.45, 7) is 2.03. The van der Waals surface area contributed by atoms with E-state index in [0.29, 0.717) is 5.75 Å². The fourth-order valence-corrected chi connectivity index (χ4v) is 2.61. The number of hydrogen-bond acceptors (Lipinski definition) is 3. The van der Waals surface area contributed by atoms with Crippen LogP contribution in [0, 0.1) is 6.92 Å². The lowest BCUT2D eigenvalue weighted by molar-refractivity contribution is -0.118. The number of carbonyl (C=O) groups is 1. The molecule has 2 aromatic carbocycles. The van der Waals surface area contributed by atoms with Gasteiger partial charge in [0.25, 0.3) is 0 Å². The molecule has 0 fully saturated rings. The molecular formula is C17H17ClN2OS. The summed E-state index contributed by atoms with van der Waals surface area (Å²) >= 11 is 7.37. The number of hydrazone groups is 1. The summed E-state index contributed by atoms with van der Waals surface area (Å²) in [7, 11) is 0. The van der Waals surface area contributed by atoms with Crippen LogP contribution in [0.3, 0.4) is 0 Å². The van der Waals surface area contributed by atoms with E-state index in [1.54, 1.807) is 6.21 Å². The number of nitrogens with zero attached hydrogens (tertiary/aromatic N) is 1. The van der Waals surface area contributed by atoms with Crippen LogP contribution in [-0.4, -0.2) is 17.9 Å². The van der Waals surface area contributed by atoms with E-state index >= 15 is 0 Å². The van der Waals surface area contributed by atoms with Crippen LogP contribution in [0.25, 0.3) is 0 Å². The minimum absolute atomic E-state index is 0.109. The lowest BCUT2D eigenvalue weighted by atomic mass is 10.2. The lowest BCUT2D eigenvalue weighted by Crippen LogP contribution is -2.19. The fourth-order valence-electron chi connectivity index (χ4n) is 1.71. The van der Waals surface area contributed by atoms with Crippen molar-refractivity contribution in [1.82, 2.24) is 5.43 Å². The highest BCUT2D eigenvalue weighted by molar-refractivity contribution is 7.99. The summed E-state index contributed by atoms with van der Waals surface area (Å²) in [4.78, 5) is 11.7. The van der Waals surface area contributed by atoms with Gasteiger partial charge in [0.2, 0.25) is 5.91 Å². The van der Waals surface area contributed by atoms with E-state index in [0.717, 1.165) is 21.9 Å². The molecule has 2 aromatic rings. The van der Waals surface area contributed by atoms with E-state index in [2.05, 4.69) is 10.5 Å². The molecule has 0 bridgehead atoms. The highest BCUT2D eigenvalue weighted by Crippen LogP contribution is 2.15. The van der Waals surface area contributed by atoms with E-state index in [9.17, 15) is 4.79 Å². The first kappa shape index (κ1) is 16.6. The highest BCUT2D eigenvalue weighted by atomic mass is 35.5. The molecule has 22 heavy (non-hydrogen) atoms. The van der Waals surface area contributed by atoms with Crippen molar-refractivity contribution < 1.29 is 4.79 Å². The van der Waals surface area contributed by atoms with Crippen LogP contribution in [0.2, 0.25) is 5.02 Å². The zero-order valence-corrected chi connectivity index (χ0v) is 13.8. The SMILES string of the molecule is Cc1ccc(/C=N\NC(=O)CSCc2ccc(Cl)cc2)cc1. The molecule has 0 aromatic heterocycles. The van der Waals surface area contributed by atoms with Crippen molar-refractivity contribution in [3.05, 3.63) is 70.2 Å². The molecule has 0 spiro atoms. The second-order valence-electron chi connectivity index (χ2n) is 4.82. The summed E-state index contributed by atoms with van der Waals surface area (Å²) < 4.78 is 0. The quantitative estimate of drug-likeness (QED) is 0.641. The molecule has 2 rings (SSSR count). The largest absolute Gasteiger partial charge is 0.272 e. The van der Waals surface area contributed by atoms with Crippen LogP contribution < -0.4 is 5.43 Å². The molecule has 1 amide bonds. The molecule has 5 heteroatoms. The van der Waals surface area contributed by atoms with Gasteiger partial charge in [0.05, 0.1) is 12.0 Å². The van der Waals surface area contributed by atoms with Crippen molar-refractivity contribution >= 4 is 35.5 Å². The van der Waals surface area contributed by atoms with Crippen LogP contribution in [0.15, 0.2) is 53.6 Å². The number of hydrogen-bond donors (Lipinski definition) is 1. The normalized spacial score (nSPS) is 10.8. The number of thioether (sulfide) groups is 1. The Morgan fingerprint density at radius 2 is 1.86 bits per heavy atom. The summed E-state index contributed by atoms with van der Waals surface area (Å²) in [5, 5.41) is 4.67. The Morgan fingerprint density at radius 3 is 2.55 bits per heavy atom. The Bertz CT molecular complexity index is 639. The molecule has 0 radical (unpaired) electrons. The molecule has 114 valence electrons. The van der Waals surface area contributed by atoms with E-state index < -0.39 is 0 Å². The molecule has 0 aliphatic rings. The minimum atomic E-state index is -0.109. The van der Waals surface area contributed by atoms with Gasteiger partial charge in [-0.2, -0.15) is 5.10 Å². The van der Waals surface area contributed by atoms with Crippen molar-refractivity contribution in [3.63, 3.8) is 0 Å². The average Bonchev–Trinajstić information content (AvgIpc) is 2.51. The van der Waals surface area contributed by atoms with Gasteiger partial charge in [0.15, 0.2) is 0 Å². The maximum absolute atomic E-state index is 11.7. The maximum Gasteiger partial charge on any atom is 0.250 e. The Morgan fingerprint density at radius 1 is 1.18 bits per heavy atom. The van der Waals surface area contributed by atoms with Crippen LogP contribution >= 0.6 is 23.4 Å². The highest BCUT2D eigenvalue weighted by Gasteiger charge is 2.00. The number of aryl methyl sites for hydroxylation is 1. The monoisotopic (exact) mass is 332 g/mol. The number of rotatable bonds is 6. The van der Waals surface area contributed by atoms with Crippen molar-refractivity contribution in [1.29, 1.82) is 0 Å². The third-order valence-electron chi connectivity index (χ3n) is 2.90. The standard InChI is InChI=1S/C17H17ClN2OS/c1-13-2-4-14(5-3-13)10-19-20-17(21)12-22-11-15-6-8-16(18)9-7-15/h2-10H,11-12H2,1H3,(H,20,21)/b19-10-. The van der Waals surface area contributed by atoms with Gasteiger partial charge in [0, 0.05) is 10.8 Å². The minimum Gasteiger partial charge on any atom is -0.272 e. The fraction of sp³-hybridized carbons (Fsp3) is 0.176. The van der Waals surface area contributed by atoms with Gasteiger partial charge in [-0.3, -0.25) is 4.79 Å². The van der Waals surface area contributed by atoms with Crippen molar-refractivity contribution in [3.8, 4) is 0 Å². The zero-order chi connectivity index (χ0) is 15.8. The van der Waals surface area contributed by atoms with Gasteiger partial charge >= 0.3 is 0 Å². The second kappa shape index (κ2) is 8.61.